The number of likely N-dealkylation sites (N-methyl/N-ethyl adjacent to an activating group) is 1. The molecule has 0 aliphatic carbocycles. The molecule has 0 aliphatic rings. The lowest BCUT2D eigenvalue weighted by Gasteiger charge is -2.13. The van der Waals surface area contributed by atoms with Gasteiger partial charge in [0.25, 0.3) is 5.91 Å². The lowest BCUT2D eigenvalue weighted by Crippen LogP contribution is -2.40. The number of nitrogens with one attached hydrogen (secondary N) is 1. The Morgan fingerprint density at radius 2 is 1.89 bits per heavy atom. The molecular weight excluding hydrogens is 232 g/mol. The second-order valence-electron chi connectivity index (χ2n) is 3.49. The van der Waals surface area contributed by atoms with E-state index in [0.29, 0.717) is 5.56 Å². The van der Waals surface area contributed by atoms with E-state index in [0.717, 1.165) is 4.90 Å². The van der Waals surface area contributed by atoms with E-state index in [9.17, 15) is 14.4 Å². The van der Waals surface area contributed by atoms with Crippen LogP contribution in [-0.2, 0) is 9.59 Å². The molecule has 5 nitrogen and oxygen atoms in total. The molecule has 0 saturated heterocycles. The zero-order valence-corrected chi connectivity index (χ0v) is 10.1. The maximum atomic E-state index is 11.8. The van der Waals surface area contributed by atoms with Crippen molar-refractivity contribution in [3.63, 3.8) is 0 Å². The predicted molar refractivity (Wildman–Crippen MR) is 67.3 cm³/mol. The minimum Gasteiger partial charge on any atom is -0.341 e. The van der Waals surface area contributed by atoms with Gasteiger partial charge in [0.05, 0.1) is 5.57 Å². The molecule has 0 atom stereocenters. The van der Waals surface area contributed by atoms with Crippen molar-refractivity contribution in [3.05, 3.63) is 41.5 Å². The van der Waals surface area contributed by atoms with Crippen molar-refractivity contribution in [2.45, 2.75) is 0 Å². The Morgan fingerprint density at radius 3 is 2.39 bits per heavy atom. The van der Waals surface area contributed by atoms with Gasteiger partial charge in [0.2, 0.25) is 6.29 Å². The number of imide groups is 1. The van der Waals surface area contributed by atoms with Crippen LogP contribution in [0.5, 0.6) is 0 Å². The van der Waals surface area contributed by atoms with Crippen molar-refractivity contribution in [2.75, 3.05) is 14.1 Å². The molecule has 0 spiro atoms. The molecule has 0 aromatic heterocycles. The summed E-state index contributed by atoms with van der Waals surface area (Å²) in [5.74, 6) is -0.701. The van der Waals surface area contributed by atoms with Crippen LogP contribution < -0.4 is 5.32 Å². The first kappa shape index (κ1) is 13.6. The average molecular weight is 245 g/mol. The molecule has 0 bridgehead atoms. The zero-order chi connectivity index (χ0) is 13.5. The van der Waals surface area contributed by atoms with Crippen LogP contribution >= 0.6 is 0 Å². The van der Waals surface area contributed by atoms with E-state index in [1.807, 2.05) is 6.07 Å². The van der Waals surface area contributed by atoms with Crippen LogP contribution in [0.3, 0.4) is 0 Å². The molecule has 0 aliphatic heterocycles. The van der Waals surface area contributed by atoms with Gasteiger partial charge >= 0.3 is 6.03 Å². The van der Waals surface area contributed by atoms with Gasteiger partial charge in [-0.3, -0.25) is 14.5 Å². The largest absolute Gasteiger partial charge is 0.341 e. The van der Waals surface area contributed by atoms with Gasteiger partial charge in [-0.25, -0.2) is 4.79 Å². The number of amides is 3. The number of nitrogens with zero attached hydrogens (tertiary/aromatic N) is 1. The van der Waals surface area contributed by atoms with Crippen molar-refractivity contribution in [1.29, 1.82) is 0 Å². The van der Waals surface area contributed by atoms with Crippen molar-refractivity contribution in [1.82, 2.24) is 10.2 Å². The molecule has 0 fully saturated rings. The Bertz CT molecular complexity index is 480. The molecule has 1 rings (SSSR count). The van der Waals surface area contributed by atoms with E-state index >= 15 is 0 Å². The summed E-state index contributed by atoms with van der Waals surface area (Å²) >= 11 is 0. The van der Waals surface area contributed by atoms with Gasteiger partial charge in [0.15, 0.2) is 0 Å². The number of rotatable bonds is 3. The number of hydrogen-bond acceptors (Lipinski definition) is 3. The van der Waals surface area contributed by atoms with Crippen LogP contribution in [-0.4, -0.2) is 37.2 Å². The van der Waals surface area contributed by atoms with Crippen LogP contribution in [0.2, 0.25) is 0 Å². The monoisotopic (exact) mass is 245 g/mol. The fourth-order valence-electron chi connectivity index (χ4n) is 1.29. The highest BCUT2D eigenvalue weighted by molar-refractivity contribution is 6.18. The van der Waals surface area contributed by atoms with Gasteiger partial charge in [-0.1, -0.05) is 30.3 Å². The number of carbonyl (C=O) groups excluding carboxylic acids is 3. The third-order valence-electron chi connectivity index (χ3n) is 2.27. The molecule has 1 aromatic carbocycles. The first-order chi connectivity index (χ1) is 8.60. The van der Waals surface area contributed by atoms with E-state index < -0.39 is 11.9 Å². The summed E-state index contributed by atoms with van der Waals surface area (Å²) in [6, 6.07) is 8.27. The van der Waals surface area contributed by atoms with Crippen LogP contribution in [0.15, 0.2) is 35.9 Å². The summed E-state index contributed by atoms with van der Waals surface area (Å²) in [6.45, 7) is 0. The second-order valence-corrected chi connectivity index (χ2v) is 3.49. The van der Waals surface area contributed by atoms with Crippen molar-refractivity contribution < 1.29 is 14.4 Å². The molecule has 3 amide bonds. The number of benzene rings is 1. The molecule has 18 heavy (non-hydrogen) atoms. The molecule has 0 saturated carbocycles. The highest BCUT2D eigenvalue weighted by atomic mass is 16.2. The van der Waals surface area contributed by atoms with Gasteiger partial charge < -0.3 is 5.32 Å². The van der Waals surface area contributed by atoms with Gasteiger partial charge in [0, 0.05) is 14.1 Å². The maximum absolute atomic E-state index is 11.8. The smallest absolute Gasteiger partial charge is 0.323 e. The second kappa shape index (κ2) is 6.34. The Hall–Kier alpha value is -2.43. The van der Waals surface area contributed by atoms with Crippen molar-refractivity contribution in [2.24, 2.45) is 0 Å². The number of carbonyl (C=O) groups is 2. The van der Waals surface area contributed by atoms with E-state index in [2.05, 4.69) is 5.32 Å². The number of hydrogen-bond donors (Lipinski definition) is 1. The molecule has 1 N–H and O–H groups in total. The predicted octanol–water partition coefficient (Wildman–Crippen LogP) is 0.977. The highest BCUT2D eigenvalue weighted by Crippen LogP contribution is 2.07. The minimum atomic E-state index is -0.701. The third-order valence-corrected chi connectivity index (χ3v) is 2.27. The maximum Gasteiger partial charge on any atom is 0.323 e. The van der Waals surface area contributed by atoms with Gasteiger partial charge in [-0.2, -0.15) is 0 Å². The molecule has 0 unspecified atom stereocenters. The Kier molecular flexibility index (Phi) is 4.80. The minimum absolute atomic E-state index is 0.202. The van der Waals surface area contributed by atoms with Gasteiger partial charge in [-0.15, -0.1) is 0 Å². The SMILES string of the molecule is CNC(=O)N(C)C(=O)C([C]=O)=Cc1ccccc1. The fourth-order valence-corrected chi connectivity index (χ4v) is 1.29. The summed E-state index contributed by atoms with van der Waals surface area (Å²) in [5.41, 5.74) is 0.488. The van der Waals surface area contributed by atoms with E-state index in [1.165, 1.54) is 20.2 Å². The van der Waals surface area contributed by atoms with Gasteiger partial charge in [-0.05, 0) is 11.6 Å². The van der Waals surface area contributed by atoms with Gasteiger partial charge in [0.1, 0.15) is 0 Å². The summed E-state index contributed by atoms with van der Waals surface area (Å²) in [7, 11) is 2.69. The first-order valence-electron chi connectivity index (χ1n) is 5.24. The summed E-state index contributed by atoms with van der Waals surface area (Å²) < 4.78 is 0. The summed E-state index contributed by atoms with van der Waals surface area (Å²) in [4.78, 5) is 34.7. The molecule has 0 heterocycles. The summed E-state index contributed by atoms with van der Waals surface area (Å²) in [6.07, 6.45) is 2.93. The normalized spacial score (nSPS) is 10.7. The lowest BCUT2D eigenvalue weighted by molar-refractivity contribution is -0.122. The standard InChI is InChI=1S/C13H13N2O3/c1-14-13(18)15(2)12(17)11(9-16)8-10-6-4-3-5-7-10/h3-8H,1-2H3,(H,14,18). The molecule has 1 aromatic rings. The van der Waals surface area contributed by atoms with E-state index in [-0.39, 0.29) is 5.57 Å². The fraction of sp³-hybridized carbons (Fsp3) is 0.154. The third kappa shape index (κ3) is 3.28. The van der Waals surface area contributed by atoms with Crippen LogP contribution in [0.1, 0.15) is 5.56 Å². The molecular formula is C13H13N2O3. The van der Waals surface area contributed by atoms with Crippen molar-refractivity contribution >= 4 is 24.3 Å². The summed E-state index contributed by atoms with van der Waals surface area (Å²) in [5, 5.41) is 2.30. The zero-order valence-electron chi connectivity index (χ0n) is 10.1. The quantitative estimate of drug-likeness (QED) is 0.490. The number of urea groups is 1. The first-order valence-corrected chi connectivity index (χ1v) is 5.24. The van der Waals surface area contributed by atoms with E-state index in [4.69, 9.17) is 0 Å². The van der Waals surface area contributed by atoms with Crippen molar-refractivity contribution in [3.8, 4) is 0 Å². The lowest BCUT2D eigenvalue weighted by atomic mass is 10.1. The van der Waals surface area contributed by atoms with Crippen LogP contribution in [0.25, 0.3) is 6.08 Å². The molecule has 5 heteroatoms. The molecule has 1 radical (unpaired) electrons. The average Bonchev–Trinajstić information content (AvgIpc) is 2.43. The van der Waals surface area contributed by atoms with Crippen LogP contribution in [0.4, 0.5) is 4.79 Å². The van der Waals surface area contributed by atoms with Crippen LogP contribution in [0, 0.1) is 0 Å². The molecule has 93 valence electrons. The highest BCUT2D eigenvalue weighted by Gasteiger charge is 2.19. The Labute approximate surface area is 105 Å². The Balaban J connectivity index is 2.97. The Morgan fingerprint density at radius 1 is 1.28 bits per heavy atom. The van der Waals surface area contributed by atoms with E-state index in [1.54, 1.807) is 30.6 Å². The topological polar surface area (TPSA) is 66.5 Å².